The van der Waals surface area contributed by atoms with E-state index in [9.17, 15) is 9.59 Å². The van der Waals surface area contributed by atoms with Crippen LogP contribution in [0.15, 0.2) is 0 Å². The molecular formula is C13H23N3O2. The van der Waals surface area contributed by atoms with Crippen molar-refractivity contribution in [3.8, 4) is 0 Å². The van der Waals surface area contributed by atoms with Crippen molar-refractivity contribution >= 4 is 11.8 Å². The Morgan fingerprint density at radius 1 is 0.889 bits per heavy atom. The predicted molar refractivity (Wildman–Crippen MR) is 69.1 cm³/mol. The highest BCUT2D eigenvalue weighted by Crippen LogP contribution is 2.20. The van der Waals surface area contributed by atoms with E-state index in [4.69, 9.17) is 0 Å². The molecule has 5 heteroatoms. The molecule has 2 heterocycles. The van der Waals surface area contributed by atoms with Gasteiger partial charge in [0.1, 0.15) is 0 Å². The lowest BCUT2D eigenvalue weighted by atomic mass is 9.95. The summed E-state index contributed by atoms with van der Waals surface area (Å²) < 4.78 is 0. The van der Waals surface area contributed by atoms with Crippen LogP contribution in [-0.2, 0) is 9.59 Å². The molecule has 2 amide bonds. The van der Waals surface area contributed by atoms with Crippen LogP contribution < -0.4 is 0 Å². The average Bonchev–Trinajstić information content (AvgIpc) is 2.39. The Bertz CT molecular complexity index is 316. The summed E-state index contributed by atoms with van der Waals surface area (Å²) in [5, 5.41) is 0. The van der Waals surface area contributed by atoms with Gasteiger partial charge in [0.15, 0.2) is 0 Å². The van der Waals surface area contributed by atoms with Gasteiger partial charge in [-0.2, -0.15) is 0 Å². The summed E-state index contributed by atoms with van der Waals surface area (Å²) in [6, 6.07) is 0. The SMILES string of the molecule is CC(=O)N1CCC(C(=O)N2CCN(C)CC2)CC1. The molecule has 2 saturated heterocycles. The largest absolute Gasteiger partial charge is 0.343 e. The third-order valence-electron chi connectivity index (χ3n) is 4.10. The summed E-state index contributed by atoms with van der Waals surface area (Å²) in [7, 11) is 2.09. The van der Waals surface area contributed by atoms with Crippen molar-refractivity contribution in [1.82, 2.24) is 14.7 Å². The minimum absolute atomic E-state index is 0.125. The standard InChI is InChI=1S/C13H23N3O2/c1-11(17)15-5-3-12(4-6-15)13(18)16-9-7-14(2)8-10-16/h12H,3-10H2,1-2H3. The van der Waals surface area contributed by atoms with Gasteiger partial charge in [-0.3, -0.25) is 9.59 Å². The second-order valence-corrected chi connectivity index (χ2v) is 5.41. The molecule has 0 unspecified atom stereocenters. The number of amides is 2. The van der Waals surface area contributed by atoms with Gasteiger partial charge in [0, 0.05) is 52.1 Å². The highest BCUT2D eigenvalue weighted by Gasteiger charge is 2.30. The molecule has 2 aliphatic rings. The van der Waals surface area contributed by atoms with Gasteiger partial charge >= 0.3 is 0 Å². The van der Waals surface area contributed by atoms with Gasteiger partial charge in [0.25, 0.3) is 0 Å². The number of likely N-dealkylation sites (tertiary alicyclic amines) is 1. The van der Waals surface area contributed by atoms with Gasteiger partial charge in [0.05, 0.1) is 0 Å². The van der Waals surface area contributed by atoms with Crippen molar-refractivity contribution in [1.29, 1.82) is 0 Å². The highest BCUT2D eigenvalue weighted by atomic mass is 16.2. The van der Waals surface area contributed by atoms with E-state index < -0.39 is 0 Å². The Morgan fingerprint density at radius 3 is 1.94 bits per heavy atom. The summed E-state index contributed by atoms with van der Waals surface area (Å²) in [6.45, 7) is 6.71. The summed E-state index contributed by atoms with van der Waals surface area (Å²) in [6.07, 6.45) is 1.65. The van der Waals surface area contributed by atoms with Crippen LogP contribution in [0.4, 0.5) is 0 Å². The Kier molecular flexibility index (Phi) is 4.22. The van der Waals surface area contributed by atoms with Gasteiger partial charge < -0.3 is 14.7 Å². The second-order valence-electron chi connectivity index (χ2n) is 5.41. The van der Waals surface area contributed by atoms with E-state index in [-0.39, 0.29) is 11.8 Å². The molecule has 0 saturated carbocycles. The molecule has 18 heavy (non-hydrogen) atoms. The van der Waals surface area contributed by atoms with Crippen LogP contribution in [0.25, 0.3) is 0 Å². The van der Waals surface area contributed by atoms with E-state index in [2.05, 4.69) is 11.9 Å². The molecule has 0 bridgehead atoms. The van der Waals surface area contributed by atoms with E-state index in [0.717, 1.165) is 52.1 Å². The molecule has 5 nitrogen and oxygen atoms in total. The van der Waals surface area contributed by atoms with E-state index in [1.165, 1.54) is 0 Å². The fourth-order valence-electron chi connectivity index (χ4n) is 2.73. The topological polar surface area (TPSA) is 43.9 Å². The van der Waals surface area contributed by atoms with Crippen LogP contribution in [0.1, 0.15) is 19.8 Å². The minimum Gasteiger partial charge on any atom is -0.343 e. The molecule has 0 N–H and O–H groups in total. The smallest absolute Gasteiger partial charge is 0.225 e. The van der Waals surface area contributed by atoms with Gasteiger partial charge in [0.2, 0.25) is 11.8 Å². The Hall–Kier alpha value is -1.10. The van der Waals surface area contributed by atoms with Crippen molar-refractivity contribution in [2.75, 3.05) is 46.3 Å². The van der Waals surface area contributed by atoms with Crippen molar-refractivity contribution in [3.05, 3.63) is 0 Å². The minimum atomic E-state index is 0.125. The fraction of sp³-hybridized carbons (Fsp3) is 0.846. The average molecular weight is 253 g/mol. The number of piperazine rings is 1. The molecule has 0 aromatic rings. The van der Waals surface area contributed by atoms with Gasteiger partial charge in [-0.1, -0.05) is 0 Å². The summed E-state index contributed by atoms with van der Waals surface area (Å²) in [5.41, 5.74) is 0. The Morgan fingerprint density at radius 2 is 1.44 bits per heavy atom. The molecule has 0 aromatic heterocycles. The zero-order valence-electron chi connectivity index (χ0n) is 11.4. The second kappa shape index (κ2) is 5.69. The quantitative estimate of drug-likeness (QED) is 0.662. The molecular weight excluding hydrogens is 230 g/mol. The van der Waals surface area contributed by atoms with E-state index in [1.807, 2.05) is 9.80 Å². The van der Waals surface area contributed by atoms with Gasteiger partial charge in [-0.15, -0.1) is 0 Å². The summed E-state index contributed by atoms with van der Waals surface area (Å²) in [4.78, 5) is 29.7. The molecule has 0 aliphatic carbocycles. The van der Waals surface area contributed by atoms with Crippen LogP contribution in [0, 0.1) is 5.92 Å². The maximum absolute atomic E-state index is 12.3. The number of nitrogens with zero attached hydrogens (tertiary/aromatic N) is 3. The molecule has 0 spiro atoms. The van der Waals surface area contributed by atoms with E-state index in [0.29, 0.717) is 5.91 Å². The number of likely N-dealkylation sites (N-methyl/N-ethyl adjacent to an activating group) is 1. The Balaban J connectivity index is 1.82. The van der Waals surface area contributed by atoms with Crippen LogP contribution in [0.2, 0.25) is 0 Å². The van der Waals surface area contributed by atoms with Crippen LogP contribution >= 0.6 is 0 Å². The van der Waals surface area contributed by atoms with Crippen LogP contribution in [0.3, 0.4) is 0 Å². The van der Waals surface area contributed by atoms with E-state index >= 15 is 0 Å². The monoisotopic (exact) mass is 253 g/mol. The zero-order chi connectivity index (χ0) is 13.1. The first-order chi connectivity index (χ1) is 8.58. The summed E-state index contributed by atoms with van der Waals surface area (Å²) in [5.74, 6) is 0.552. The lowest BCUT2D eigenvalue weighted by Crippen LogP contribution is -2.50. The maximum Gasteiger partial charge on any atom is 0.225 e. The highest BCUT2D eigenvalue weighted by molar-refractivity contribution is 5.79. The van der Waals surface area contributed by atoms with E-state index in [1.54, 1.807) is 6.92 Å². The first-order valence-corrected chi connectivity index (χ1v) is 6.81. The number of carbonyl (C=O) groups excluding carboxylic acids is 2. The number of rotatable bonds is 1. The van der Waals surface area contributed by atoms with Crippen LogP contribution in [-0.4, -0.2) is 72.8 Å². The third kappa shape index (κ3) is 3.02. The number of piperidine rings is 1. The van der Waals surface area contributed by atoms with Crippen molar-refractivity contribution < 1.29 is 9.59 Å². The number of hydrogen-bond donors (Lipinski definition) is 0. The lowest BCUT2D eigenvalue weighted by Gasteiger charge is -2.37. The molecule has 0 aromatic carbocycles. The molecule has 2 rings (SSSR count). The lowest BCUT2D eigenvalue weighted by molar-refractivity contribution is -0.141. The molecule has 2 aliphatic heterocycles. The van der Waals surface area contributed by atoms with Crippen LogP contribution in [0.5, 0.6) is 0 Å². The van der Waals surface area contributed by atoms with Crippen molar-refractivity contribution in [3.63, 3.8) is 0 Å². The number of carbonyl (C=O) groups is 2. The van der Waals surface area contributed by atoms with Crippen molar-refractivity contribution in [2.24, 2.45) is 5.92 Å². The van der Waals surface area contributed by atoms with Gasteiger partial charge in [-0.05, 0) is 19.9 Å². The molecule has 0 atom stereocenters. The molecule has 102 valence electrons. The normalized spacial score (nSPS) is 23.2. The molecule has 2 fully saturated rings. The Labute approximate surface area is 109 Å². The van der Waals surface area contributed by atoms with Crippen molar-refractivity contribution in [2.45, 2.75) is 19.8 Å². The molecule has 0 radical (unpaired) electrons. The number of hydrogen-bond acceptors (Lipinski definition) is 3. The first-order valence-electron chi connectivity index (χ1n) is 6.81. The predicted octanol–water partition coefficient (Wildman–Crippen LogP) is 0.0189. The van der Waals surface area contributed by atoms with Gasteiger partial charge in [-0.25, -0.2) is 0 Å². The summed E-state index contributed by atoms with van der Waals surface area (Å²) >= 11 is 0. The first kappa shape index (κ1) is 13.3. The maximum atomic E-state index is 12.3. The third-order valence-corrected chi connectivity index (χ3v) is 4.10. The zero-order valence-corrected chi connectivity index (χ0v) is 11.4. The fourth-order valence-corrected chi connectivity index (χ4v) is 2.73.